The van der Waals surface area contributed by atoms with Crippen LogP contribution in [0.3, 0.4) is 0 Å². The number of benzene rings is 2. The second-order valence-corrected chi connectivity index (χ2v) is 6.52. The van der Waals surface area contributed by atoms with E-state index in [4.69, 9.17) is 0 Å². The van der Waals surface area contributed by atoms with E-state index in [1.807, 2.05) is 0 Å². The van der Waals surface area contributed by atoms with Gasteiger partial charge >= 0.3 is 0 Å². The number of hydrogen-bond acceptors (Lipinski definition) is 3. The van der Waals surface area contributed by atoms with Gasteiger partial charge in [0.1, 0.15) is 12.4 Å². The zero-order valence-electron chi connectivity index (χ0n) is 15.1. The van der Waals surface area contributed by atoms with Crippen molar-refractivity contribution in [2.75, 3.05) is 23.8 Å². The molecule has 6 nitrogen and oxygen atoms in total. The minimum Gasteiger partial charge on any atom is -0.332 e. The summed E-state index contributed by atoms with van der Waals surface area (Å²) in [6.45, 7) is 1.54. The van der Waals surface area contributed by atoms with E-state index in [1.54, 1.807) is 37.3 Å². The summed E-state index contributed by atoms with van der Waals surface area (Å²) in [7, 11) is 1.45. The summed E-state index contributed by atoms with van der Waals surface area (Å²) in [6.07, 6.45) is 0.144. The maximum Gasteiger partial charge on any atom is 0.257 e. The molecule has 0 saturated heterocycles. The highest BCUT2D eigenvalue weighted by atomic mass is 19.1. The fraction of sp³-hybridized carbons (Fsp3) is 0.250. The molecule has 0 saturated carbocycles. The molecule has 1 N–H and O–H groups in total. The van der Waals surface area contributed by atoms with E-state index in [0.29, 0.717) is 11.4 Å². The molecule has 0 unspecified atom stereocenters. The van der Waals surface area contributed by atoms with Gasteiger partial charge in [0.25, 0.3) is 5.91 Å². The van der Waals surface area contributed by atoms with Crippen molar-refractivity contribution in [2.24, 2.45) is 0 Å². The summed E-state index contributed by atoms with van der Waals surface area (Å²) >= 11 is 0. The van der Waals surface area contributed by atoms with Crippen molar-refractivity contribution in [3.8, 4) is 0 Å². The molecule has 140 valence electrons. The monoisotopic (exact) mass is 369 g/mol. The Bertz CT molecular complexity index is 900. The third kappa shape index (κ3) is 3.81. The lowest BCUT2D eigenvalue weighted by molar-refractivity contribution is -0.119. The van der Waals surface area contributed by atoms with Gasteiger partial charge in [-0.2, -0.15) is 0 Å². The number of carbonyl (C=O) groups excluding carboxylic acids is 3. The lowest BCUT2D eigenvalue weighted by Gasteiger charge is -2.29. The molecule has 7 heteroatoms. The van der Waals surface area contributed by atoms with Gasteiger partial charge in [0, 0.05) is 19.5 Å². The number of halogens is 1. The van der Waals surface area contributed by atoms with E-state index in [9.17, 15) is 18.8 Å². The molecule has 1 aliphatic rings. The van der Waals surface area contributed by atoms with Gasteiger partial charge in [0.15, 0.2) is 0 Å². The van der Waals surface area contributed by atoms with Crippen LogP contribution in [0.25, 0.3) is 0 Å². The maximum absolute atomic E-state index is 13.9. The van der Waals surface area contributed by atoms with Crippen LogP contribution in [0, 0.1) is 5.82 Å². The minimum absolute atomic E-state index is 0.0889. The third-order valence-electron chi connectivity index (χ3n) is 4.45. The van der Waals surface area contributed by atoms with Crippen molar-refractivity contribution in [3.63, 3.8) is 0 Å². The van der Waals surface area contributed by atoms with Crippen LogP contribution >= 0.6 is 0 Å². The first-order valence-corrected chi connectivity index (χ1v) is 8.59. The molecular formula is C20H20FN3O3. The maximum atomic E-state index is 13.9. The number of anilines is 2. The molecule has 1 aliphatic heterocycles. The zero-order chi connectivity index (χ0) is 19.6. The van der Waals surface area contributed by atoms with Crippen LogP contribution in [0.1, 0.15) is 23.7 Å². The second-order valence-electron chi connectivity index (χ2n) is 6.52. The Kier molecular flexibility index (Phi) is 5.21. The van der Waals surface area contributed by atoms with Gasteiger partial charge < -0.3 is 15.1 Å². The van der Waals surface area contributed by atoms with Gasteiger partial charge in [0.05, 0.1) is 16.9 Å². The molecule has 0 radical (unpaired) electrons. The molecule has 2 aromatic rings. The van der Waals surface area contributed by atoms with E-state index in [0.717, 1.165) is 0 Å². The minimum atomic E-state index is -0.634. The van der Waals surface area contributed by atoms with Crippen LogP contribution in [0.5, 0.6) is 0 Å². The molecule has 0 fully saturated rings. The highest BCUT2D eigenvalue weighted by Crippen LogP contribution is 2.31. The second kappa shape index (κ2) is 7.57. The Morgan fingerprint density at radius 2 is 1.85 bits per heavy atom. The van der Waals surface area contributed by atoms with Crippen LogP contribution in [0.2, 0.25) is 0 Å². The van der Waals surface area contributed by atoms with Crippen molar-refractivity contribution in [1.29, 1.82) is 0 Å². The highest BCUT2D eigenvalue weighted by molar-refractivity contribution is 6.06. The number of likely N-dealkylation sites (N-methyl/N-ethyl adjacent to an activating group) is 1. The quantitative estimate of drug-likeness (QED) is 0.904. The first kappa shape index (κ1) is 18.6. The molecule has 3 rings (SSSR count). The SMILES string of the molecule is C[C@@H]1CC(=O)Nc2ccccc2N1C(=O)CN(C)C(=O)c1ccccc1F. The lowest BCUT2D eigenvalue weighted by Crippen LogP contribution is -2.45. The summed E-state index contributed by atoms with van der Waals surface area (Å²) in [5, 5.41) is 2.78. The third-order valence-corrected chi connectivity index (χ3v) is 4.45. The van der Waals surface area contributed by atoms with Gasteiger partial charge in [-0.25, -0.2) is 4.39 Å². The average molecular weight is 369 g/mol. The van der Waals surface area contributed by atoms with Gasteiger partial charge in [-0.3, -0.25) is 14.4 Å². The Morgan fingerprint density at radius 3 is 2.59 bits per heavy atom. The number of nitrogens with zero attached hydrogens (tertiary/aromatic N) is 2. The fourth-order valence-corrected chi connectivity index (χ4v) is 3.16. The number of para-hydroxylation sites is 2. The van der Waals surface area contributed by atoms with Crippen LogP contribution in [-0.4, -0.2) is 42.3 Å². The topological polar surface area (TPSA) is 69.7 Å². The number of fused-ring (bicyclic) bond motifs is 1. The smallest absolute Gasteiger partial charge is 0.257 e. The van der Waals surface area contributed by atoms with E-state index in [-0.39, 0.29) is 36.4 Å². The Balaban J connectivity index is 1.83. The van der Waals surface area contributed by atoms with Gasteiger partial charge in [-0.05, 0) is 31.2 Å². The standard InChI is InChI=1S/C20H20FN3O3/c1-13-11-18(25)22-16-9-5-6-10-17(16)24(13)19(26)12-23(2)20(27)14-7-3-4-8-15(14)21/h3-10,13H,11-12H2,1-2H3,(H,22,25)/t13-/m1/s1. The predicted molar refractivity (Wildman–Crippen MR) is 100.0 cm³/mol. The molecule has 0 aromatic heterocycles. The molecule has 0 bridgehead atoms. The van der Waals surface area contributed by atoms with Crippen LogP contribution in [-0.2, 0) is 9.59 Å². The molecular weight excluding hydrogens is 349 g/mol. The normalized spacial score (nSPS) is 16.2. The Hall–Kier alpha value is -3.22. The van der Waals surface area contributed by atoms with Crippen LogP contribution < -0.4 is 10.2 Å². The van der Waals surface area contributed by atoms with Crippen molar-refractivity contribution in [2.45, 2.75) is 19.4 Å². The van der Waals surface area contributed by atoms with E-state index < -0.39 is 11.7 Å². The number of carbonyl (C=O) groups is 3. The fourth-order valence-electron chi connectivity index (χ4n) is 3.16. The summed E-state index contributed by atoms with van der Waals surface area (Å²) < 4.78 is 13.9. The Morgan fingerprint density at radius 1 is 1.19 bits per heavy atom. The molecule has 1 heterocycles. The van der Waals surface area contributed by atoms with Crippen LogP contribution in [0.4, 0.5) is 15.8 Å². The molecule has 3 amide bonds. The van der Waals surface area contributed by atoms with Gasteiger partial charge in [-0.15, -0.1) is 0 Å². The number of hydrogen-bond donors (Lipinski definition) is 1. The Labute approximate surface area is 156 Å². The van der Waals surface area contributed by atoms with Gasteiger partial charge in [-0.1, -0.05) is 24.3 Å². The van der Waals surface area contributed by atoms with Crippen molar-refractivity contribution in [3.05, 3.63) is 59.9 Å². The van der Waals surface area contributed by atoms with E-state index >= 15 is 0 Å². The summed E-state index contributed by atoms with van der Waals surface area (Å²) in [4.78, 5) is 40.2. The van der Waals surface area contributed by atoms with E-state index in [2.05, 4.69) is 5.32 Å². The number of rotatable bonds is 3. The molecule has 2 aromatic carbocycles. The molecule has 27 heavy (non-hydrogen) atoms. The molecule has 1 atom stereocenters. The van der Waals surface area contributed by atoms with Crippen LogP contribution in [0.15, 0.2) is 48.5 Å². The largest absolute Gasteiger partial charge is 0.332 e. The summed E-state index contributed by atoms with van der Waals surface area (Å²) in [6, 6.07) is 12.3. The molecule has 0 aliphatic carbocycles. The lowest BCUT2D eigenvalue weighted by atomic mass is 10.1. The number of amides is 3. The average Bonchev–Trinajstić information content (AvgIpc) is 2.75. The predicted octanol–water partition coefficient (Wildman–Crippen LogP) is 2.66. The number of nitrogens with one attached hydrogen (secondary N) is 1. The van der Waals surface area contributed by atoms with Gasteiger partial charge in [0.2, 0.25) is 11.8 Å². The first-order valence-electron chi connectivity index (χ1n) is 8.59. The van der Waals surface area contributed by atoms with Crippen molar-refractivity contribution < 1.29 is 18.8 Å². The first-order chi connectivity index (χ1) is 12.9. The summed E-state index contributed by atoms with van der Waals surface area (Å²) in [5.41, 5.74) is 1.03. The van der Waals surface area contributed by atoms with E-state index in [1.165, 1.54) is 35.0 Å². The zero-order valence-corrected chi connectivity index (χ0v) is 15.1. The highest BCUT2D eigenvalue weighted by Gasteiger charge is 2.30. The van der Waals surface area contributed by atoms with Crippen molar-refractivity contribution in [1.82, 2.24) is 4.90 Å². The summed E-state index contributed by atoms with van der Waals surface area (Å²) in [5.74, 6) is -1.74. The molecule has 0 spiro atoms. The van der Waals surface area contributed by atoms with Crippen molar-refractivity contribution >= 4 is 29.1 Å².